The van der Waals surface area contributed by atoms with E-state index in [1.165, 1.54) is 25.9 Å². The van der Waals surface area contributed by atoms with Crippen molar-refractivity contribution in [1.29, 1.82) is 0 Å². The molecule has 0 atom stereocenters. The van der Waals surface area contributed by atoms with Crippen molar-refractivity contribution >= 4 is 0 Å². The van der Waals surface area contributed by atoms with Gasteiger partial charge in [0.05, 0.1) is 13.2 Å². The van der Waals surface area contributed by atoms with Crippen LogP contribution in [0.4, 0.5) is 0 Å². The van der Waals surface area contributed by atoms with Crippen molar-refractivity contribution in [2.75, 3.05) is 53.0 Å². The third kappa shape index (κ3) is 3.92. The molecule has 2 aliphatic heterocycles. The summed E-state index contributed by atoms with van der Waals surface area (Å²) in [5, 5.41) is 3.77. The van der Waals surface area contributed by atoms with Crippen LogP contribution in [0.25, 0.3) is 0 Å². The van der Waals surface area contributed by atoms with Gasteiger partial charge in [-0.3, -0.25) is 4.90 Å². The first-order valence-corrected chi connectivity index (χ1v) is 7.33. The highest BCUT2D eigenvalue weighted by Crippen LogP contribution is 2.16. The number of ether oxygens (including phenoxy) is 1. The van der Waals surface area contributed by atoms with Gasteiger partial charge in [-0.2, -0.15) is 0 Å². The van der Waals surface area contributed by atoms with Gasteiger partial charge in [0, 0.05) is 31.2 Å². The van der Waals surface area contributed by atoms with Crippen LogP contribution in [0.3, 0.4) is 0 Å². The van der Waals surface area contributed by atoms with Crippen molar-refractivity contribution in [2.45, 2.75) is 38.3 Å². The Hall–Kier alpha value is -0.160. The average Bonchev–Trinajstić information content (AvgIpc) is 2.39. The van der Waals surface area contributed by atoms with E-state index in [1.807, 2.05) is 0 Å². The summed E-state index contributed by atoms with van der Waals surface area (Å²) in [7, 11) is 2.22. The van der Waals surface area contributed by atoms with E-state index in [0.29, 0.717) is 6.04 Å². The number of rotatable bonds is 4. The van der Waals surface area contributed by atoms with Gasteiger partial charge in [-0.05, 0) is 46.8 Å². The lowest BCUT2D eigenvalue weighted by atomic mass is 9.99. The zero-order chi connectivity index (χ0) is 13.0. The van der Waals surface area contributed by atoms with E-state index in [-0.39, 0.29) is 5.54 Å². The molecule has 0 saturated carbocycles. The summed E-state index contributed by atoms with van der Waals surface area (Å²) in [4.78, 5) is 4.98. The monoisotopic (exact) mass is 255 g/mol. The second-order valence-electron chi connectivity index (χ2n) is 6.37. The third-order valence-electron chi connectivity index (χ3n) is 4.41. The zero-order valence-corrected chi connectivity index (χ0v) is 12.2. The van der Waals surface area contributed by atoms with Crippen molar-refractivity contribution < 1.29 is 4.74 Å². The molecule has 0 aromatic heterocycles. The number of hydrogen-bond donors (Lipinski definition) is 1. The zero-order valence-electron chi connectivity index (χ0n) is 12.2. The Morgan fingerprint density at radius 1 is 1.11 bits per heavy atom. The number of nitrogens with one attached hydrogen (secondary N) is 1. The first-order valence-electron chi connectivity index (χ1n) is 7.33. The van der Waals surface area contributed by atoms with E-state index in [0.717, 1.165) is 32.8 Å². The first kappa shape index (κ1) is 14.3. The molecule has 2 fully saturated rings. The summed E-state index contributed by atoms with van der Waals surface area (Å²) < 4.78 is 5.43. The van der Waals surface area contributed by atoms with Crippen LogP contribution >= 0.6 is 0 Å². The topological polar surface area (TPSA) is 27.7 Å². The van der Waals surface area contributed by atoms with Gasteiger partial charge in [0.1, 0.15) is 0 Å². The van der Waals surface area contributed by atoms with E-state index >= 15 is 0 Å². The Labute approximate surface area is 112 Å². The summed E-state index contributed by atoms with van der Waals surface area (Å²) >= 11 is 0. The Morgan fingerprint density at radius 2 is 1.72 bits per heavy atom. The molecule has 1 N–H and O–H groups in total. The van der Waals surface area contributed by atoms with Crippen molar-refractivity contribution in [1.82, 2.24) is 15.1 Å². The molecule has 2 rings (SSSR count). The maximum absolute atomic E-state index is 5.43. The van der Waals surface area contributed by atoms with Crippen molar-refractivity contribution in [3.8, 4) is 0 Å². The number of hydrogen-bond acceptors (Lipinski definition) is 4. The normalized spacial score (nSPS) is 25.5. The van der Waals surface area contributed by atoms with E-state index in [1.54, 1.807) is 0 Å². The molecular formula is C14H29N3O. The van der Waals surface area contributed by atoms with Gasteiger partial charge in [0.2, 0.25) is 0 Å². The molecule has 0 aromatic carbocycles. The van der Waals surface area contributed by atoms with Crippen LogP contribution in [0.1, 0.15) is 26.7 Å². The highest BCUT2D eigenvalue weighted by Gasteiger charge is 2.29. The lowest BCUT2D eigenvalue weighted by Gasteiger charge is -2.42. The lowest BCUT2D eigenvalue weighted by Crippen LogP contribution is -2.56. The first-order chi connectivity index (χ1) is 8.58. The van der Waals surface area contributed by atoms with Crippen LogP contribution in [0.5, 0.6) is 0 Å². The van der Waals surface area contributed by atoms with E-state index in [4.69, 9.17) is 4.74 Å². The third-order valence-corrected chi connectivity index (χ3v) is 4.41. The molecule has 0 aromatic rings. The molecule has 106 valence electrons. The molecule has 0 unspecified atom stereocenters. The minimum absolute atomic E-state index is 0.243. The fourth-order valence-electron chi connectivity index (χ4n) is 2.89. The quantitative estimate of drug-likeness (QED) is 0.803. The number of piperidine rings is 1. The predicted octanol–water partition coefficient (Wildman–Crippen LogP) is 0.781. The molecule has 0 spiro atoms. The summed E-state index contributed by atoms with van der Waals surface area (Å²) in [5.41, 5.74) is 0.243. The Morgan fingerprint density at radius 3 is 2.33 bits per heavy atom. The molecule has 0 aliphatic carbocycles. The van der Waals surface area contributed by atoms with Crippen LogP contribution in [0, 0.1) is 0 Å². The molecular weight excluding hydrogens is 226 g/mol. The SMILES string of the molecule is CN1CCC(NCC(C)(C)N2CCOCC2)CC1. The molecule has 2 aliphatic rings. The van der Waals surface area contributed by atoms with Crippen LogP contribution in [0.2, 0.25) is 0 Å². The van der Waals surface area contributed by atoms with E-state index < -0.39 is 0 Å². The molecule has 0 bridgehead atoms. The summed E-state index contributed by atoms with van der Waals surface area (Å²) in [6.07, 6.45) is 2.57. The highest BCUT2D eigenvalue weighted by atomic mass is 16.5. The maximum atomic E-state index is 5.43. The highest BCUT2D eigenvalue weighted by molar-refractivity contribution is 4.87. The summed E-state index contributed by atoms with van der Waals surface area (Å²) in [6, 6.07) is 0.710. The molecule has 2 saturated heterocycles. The molecule has 4 heteroatoms. The second-order valence-corrected chi connectivity index (χ2v) is 6.37. The van der Waals surface area contributed by atoms with E-state index in [2.05, 4.69) is 36.0 Å². The van der Waals surface area contributed by atoms with Crippen LogP contribution in [0.15, 0.2) is 0 Å². The van der Waals surface area contributed by atoms with Gasteiger partial charge in [0.15, 0.2) is 0 Å². The van der Waals surface area contributed by atoms with E-state index in [9.17, 15) is 0 Å². The molecule has 18 heavy (non-hydrogen) atoms. The van der Waals surface area contributed by atoms with Crippen LogP contribution in [-0.2, 0) is 4.74 Å². The van der Waals surface area contributed by atoms with Crippen molar-refractivity contribution in [2.24, 2.45) is 0 Å². The largest absolute Gasteiger partial charge is 0.379 e. The second kappa shape index (κ2) is 6.33. The summed E-state index contributed by atoms with van der Waals surface area (Å²) in [5.74, 6) is 0. The molecule has 4 nitrogen and oxygen atoms in total. The Kier molecular flexibility index (Phi) is 5.01. The van der Waals surface area contributed by atoms with Gasteiger partial charge in [-0.1, -0.05) is 0 Å². The minimum Gasteiger partial charge on any atom is -0.379 e. The minimum atomic E-state index is 0.243. The predicted molar refractivity (Wildman–Crippen MR) is 75.0 cm³/mol. The van der Waals surface area contributed by atoms with Gasteiger partial charge >= 0.3 is 0 Å². The molecule has 0 amide bonds. The van der Waals surface area contributed by atoms with Gasteiger partial charge in [-0.25, -0.2) is 0 Å². The van der Waals surface area contributed by atoms with Gasteiger partial charge in [0.25, 0.3) is 0 Å². The standard InChI is InChI=1S/C14H29N3O/c1-14(2,17-8-10-18-11-9-17)12-15-13-4-6-16(3)7-5-13/h13,15H,4-12H2,1-3H3. The number of nitrogens with zero attached hydrogens (tertiary/aromatic N) is 2. The fourth-order valence-corrected chi connectivity index (χ4v) is 2.89. The number of likely N-dealkylation sites (tertiary alicyclic amines) is 1. The van der Waals surface area contributed by atoms with Crippen molar-refractivity contribution in [3.05, 3.63) is 0 Å². The van der Waals surface area contributed by atoms with Crippen molar-refractivity contribution in [3.63, 3.8) is 0 Å². The van der Waals surface area contributed by atoms with Crippen LogP contribution in [-0.4, -0.2) is 74.4 Å². The number of morpholine rings is 1. The molecule has 0 radical (unpaired) electrons. The Balaban J connectivity index is 1.73. The molecule has 2 heterocycles. The lowest BCUT2D eigenvalue weighted by molar-refractivity contribution is -0.0109. The fraction of sp³-hybridized carbons (Fsp3) is 1.00. The Bertz CT molecular complexity index is 243. The summed E-state index contributed by atoms with van der Waals surface area (Å²) in [6.45, 7) is 12.2. The average molecular weight is 255 g/mol. The maximum Gasteiger partial charge on any atom is 0.0594 e. The van der Waals surface area contributed by atoms with Gasteiger partial charge in [-0.15, -0.1) is 0 Å². The van der Waals surface area contributed by atoms with Crippen LogP contribution < -0.4 is 5.32 Å². The smallest absolute Gasteiger partial charge is 0.0594 e. The van der Waals surface area contributed by atoms with Gasteiger partial charge < -0.3 is 15.0 Å².